The molecule has 0 radical (unpaired) electrons. The van der Waals surface area contributed by atoms with Gasteiger partial charge in [-0.3, -0.25) is 9.59 Å². The van der Waals surface area contributed by atoms with Crippen molar-refractivity contribution in [1.29, 1.82) is 0 Å². The highest BCUT2D eigenvalue weighted by Crippen LogP contribution is 2.35. The fourth-order valence-corrected chi connectivity index (χ4v) is 5.42. The zero-order chi connectivity index (χ0) is 20.0. The van der Waals surface area contributed by atoms with Crippen molar-refractivity contribution in [2.24, 2.45) is 5.92 Å². The highest BCUT2D eigenvalue weighted by atomic mass is 16.2. The minimum Gasteiger partial charge on any atom is -0.338 e. The average Bonchev–Trinajstić information content (AvgIpc) is 3.08. The number of nitrogens with zero attached hydrogens (tertiary/aromatic N) is 3. The van der Waals surface area contributed by atoms with E-state index in [9.17, 15) is 9.59 Å². The number of hydrogen-bond acceptors (Lipinski definition) is 3. The number of piperidine rings is 1. The van der Waals surface area contributed by atoms with Crippen LogP contribution in [0, 0.1) is 5.92 Å². The Morgan fingerprint density at radius 1 is 1.07 bits per heavy atom. The largest absolute Gasteiger partial charge is 0.338 e. The Labute approximate surface area is 172 Å². The third-order valence-corrected chi connectivity index (χ3v) is 6.96. The number of fused-ring (bicyclic) bond motifs is 2. The van der Waals surface area contributed by atoms with Crippen LogP contribution in [0.15, 0.2) is 24.3 Å². The summed E-state index contributed by atoms with van der Waals surface area (Å²) in [5.41, 5.74) is 2.81. The molecule has 29 heavy (non-hydrogen) atoms. The SMILES string of the molecule is CC1CCCN(C(=O)c2c3c(nc4ccccc24)C(=O)N(C2CCCCC2)C3)C1. The number of carbonyl (C=O) groups excluding carboxylic acids is 2. The van der Waals surface area contributed by atoms with Crippen molar-refractivity contribution in [2.75, 3.05) is 13.1 Å². The first-order valence-corrected chi connectivity index (χ1v) is 11.2. The molecule has 1 aromatic heterocycles. The number of likely N-dealkylation sites (tertiary alicyclic amines) is 1. The fraction of sp³-hybridized carbons (Fsp3) is 0.542. The van der Waals surface area contributed by atoms with Crippen molar-refractivity contribution in [3.8, 4) is 0 Å². The van der Waals surface area contributed by atoms with Gasteiger partial charge in [0.1, 0.15) is 5.69 Å². The van der Waals surface area contributed by atoms with Crippen LogP contribution in [0.2, 0.25) is 0 Å². The van der Waals surface area contributed by atoms with E-state index in [-0.39, 0.29) is 17.9 Å². The van der Waals surface area contributed by atoms with Gasteiger partial charge in [-0.2, -0.15) is 0 Å². The Morgan fingerprint density at radius 2 is 1.86 bits per heavy atom. The monoisotopic (exact) mass is 391 g/mol. The minimum atomic E-state index is 0.0127. The molecule has 1 saturated carbocycles. The normalized spacial score (nSPS) is 22.9. The lowest BCUT2D eigenvalue weighted by molar-refractivity contribution is 0.0646. The van der Waals surface area contributed by atoms with Crippen molar-refractivity contribution in [3.63, 3.8) is 0 Å². The summed E-state index contributed by atoms with van der Waals surface area (Å²) in [7, 11) is 0. The Kier molecular flexibility index (Phi) is 4.76. The maximum absolute atomic E-state index is 13.7. The molecule has 1 unspecified atom stereocenters. The minimum absolute atomic E-state index is 0.0127. The van der Waals surface area contributed by atoms with Crippen molar-refractivity contribution in [3.05, 3.63) is 41.1 Å². The van der Waals surface area contributed by atoms with Crippen LogP contribution >= 0.6 is 0 Å². The molecule has 2 aliphatic heterocycles. The summed E-state index contributed by atoms with van der Waals surface area (Å²) in [6.07, 6.45) is 7.95. The first-order chi connectivity index (χ1) is 14.1. The molecular formula is C24H29N3O2. The van der Waals surface area contributed by atoms with Crippen LogP contribution in [0.3, 0.4) is 0 Å². The van der Waals surface area contributed by atoms with Crippen molar-refractivity contribution >= 4 is 22.7 Å². The molecular weight excluding hydrogens is 362 g/mol. The zero-order valence-electron chi connectivity index (χ0n) is 17.2. The number of benzene rings is 1. The van der Waals surface area contributed by atoms with Gasteiger partial charge in [-0.1, -0.05) is 44.4 Å². The van der Waals surface area contributed by atoms with Gasteiger partial charge in [-0.25, -0.2) is 4.98 Å². The van der Waals surface area contributed by atoms with E-state index in [0.717, 1.165) is 48.8 Å². The molecule has 1 saturated heterocycles. The third-order valence-electron chi connectivity index (χ3n) is 6.96. The van der Waals surface area contributed by atoms with Crippen LogP contribution in [0.1, 0.15) is 78.3 Å². The summed E-state index contributed by atoms with van der Waals surface area (Å²) < 4.78 is 0. The van der Waals surface area contributed by atoms with Crippen molar-refractivity contribution in [1.82, 2.24) is 14.8 Å². The quantitative estimate of drug-likeness (QED) is 0.763. The molecule has 3 aliphatic rings. The molecule has 1 atom stereocenters. The third kappa shape index (κ3) is 3.21. The summed E-state index contributed by atoms with van der Waals surface area (Å²) >= 11 is 0. The molecule has 5 rings (SSSR count). The fourth-order valence-electron chi connectivity index (χ4n) is 5.42. The molecule has 5 nitrogen and oxygen atoms in total. The topological polar surface area (TPSA) is 53.5 Å². The van der Waals surface area contributed by atoms with Crippen LogP contribution in [0.25, 0.3) is 10.9 Å². The summed E-state index contributed by atoms with van der Waals surface area (Å²) in [5.74, 6) is 0.609. The lowest BCUT2D eigenvalue weighted by Crippen LogP contribution is -2.39. The first-order valence-electron chi connectivity index (χ1n) is 11.2. The van der Waals surface area contributed by atoms with Crippen LogP contribution in [-0.4, -0.2) is 45.7 Å². The molecule has 2 aromatic rings. The predicted octanol–water partition coefficient (Wildman–Crippen LogP) is 4.40. The van der Waals surface area contributed by atoms with E-state index in [0.29, 0.717) is 23.7 Å². The number of hydrogen-bond donors (Lipinski definition) is 0. The summed E-state index contributed by atoms with van der Waals surface area (Å²) in [6, 6.07) is 8.07. The predicted molar refractivity (Wildman–Crippen MR) is 113 cm³/mol. The van der Waals surface area contributed by atoms with E-state index >= 15 is 0 Å². The van der Waals surface area contributed by atoms with Gasteiger partial charge in [-0.05, 0) is 37.7 Å². The van der Waals surface area contributed by atoms with Crippen molar-refractivity contribution in [2.45, 2.75) is 64.5 Å². The lowest BCUT2D eigenvalue weighted by Gasteiger charge is -2.32. The Morgan fingerprint density at radius 3 is 2.66 bits per heavy atom. The second-order valence-electron chi connectivity index (χ2n) is 9.05. The van der Waals surface area contributed by atoms with Gasteiger partial charge in [0.2, 0.25) is 0 Å². The number of amides is 2. The molecule has 152 valence electrons. The van der Waals surface area contributed by atoms with E-state index in [1.807, 2.05) is 34.1 Å². The van der Waals surface area contributed by atoms with E-state index in [4.69, 9.17) is 4.98 Å². The first kappa shape index (κ1) is 18.6. The Hall–Kier alpha value is -2.43. The van der Waals surface area contributed by atoms with E-state index in [2.05, 4.69) is 6.92 Å². The maximum Gasteiger partial charge on any atom is 0.273 e. The van der Waals surface area contributed by atoms with Gasteiger partial charge in [0, 0.05) is 36.6 Å². The molecule has 3 heterocycles. The highest BCUT2D eigenvalue weighted by molar-refractivity contribution is 6.11. The maximum atomic E-state index is 13.7. The smallest absolute Gasteiger partial charge is 0.273 e. The molecule has 0 bridgehead atoms. The zero-order valence-corrected chi connectivity index (χ0v) is 17.2. The van der Waals surface area contributed by atoms with E-state index < -0.39 is 0 Å². The van der Waals surface area contributed by atoms with Gasteiger partial charge >= 0.3 is 0 Å². The second-order valence-corrected chi connectivity index (χ2v) is 9.05. The van der Waals surface area contributed by atoms with Gasteiger partial charge < -0.3 is 9.80 Å². The Bertz CT molecular complexity index is 964. The van der Waals surface area contributed by atoms with Crippen LogP contribution in [0.5, 0.6) is 0 Å². The summed E-state index contributed by atoms with van der Waals surface area (Å²) in [6.45, 7) is 4.34. The van der Waals surface area contributed by atoms with Gasteiger partial charge in [-0.15, -0.1) is 0 Å². The van der Waals surface area contributed by atoms with E-state index in [1.165, 1.54) is 25.7 Å². The number of carbonyl (C=O) groups is 2. The molecule has 5 heteroatoms. The molecule has 2 amide bonds. The van der Waals surface area contributed by atoms with Crippen LogP contribution in [-0.2, 0) is 6.54 Å². The Balaban J connectivity index is 1.59. The lowest BCUT2D eigenvalue weighted by atomic mass is 9.94. The van der Waals surface area contributed by atoms with Gasteiger partial charge in [0.05, 0.1) is 11.1 Å². The molecule has 0 N–H and O–H groups in total. The van der Waals surface area contributed by atoms with Gasteiger partial charge in [0.25, 0.3) is 11.8 Å². The van der Waals surface area contributed by atoms with Gasteiger partial charge in [0.15, 0.2) is 0 Å². The van der Waals surface area contributed by atoms with E-state index in [1.54, 1.807) is 0 Å². The number of pyridine rings is 1. The summed E-state index contributed by atoms with van der Waals surface area (Å²) in [4.78, 5) is 35.7. The molecule has 1 aliphatic carbocycles. The van der Waals surface area contributed by atoms with Crippen LogP contribution in [0.4, 0.5) is 0 Å². The molecule has 1 aromatic carbocycles. The average molecular weight is 392 g/mol. The number of para-hydroxylation sites is 1. The van der Waals surface area contributed by atoms with Crippen molar-refractivity contribution < 1.29 is 9.59 Å². The standard InChI is InChI=1S/C24H29N3O2/c1-16-8-7-13-26(14-16)23(28)21-18-11-5-6-12-20(18)25-22-19(21)15-27(24(22)29)17-9-3-2-4-10-17/h5-6,11-12,16-17H,2-4,7-10,13-15H2,1H3. The number of rotatable bonds is 2. The molecule has 2 fully saturated rings. The number of aromatic nitrogens is 1. The highest BCUT2D eigenvalue weighted by Gasteiger charge is 2.39. The summed E-state index contributed by atoms with van der Waals surface area (Å²) in [5, 5.41) is 0.882. The molecule has 0 spiro atoms. The van der Waals surface area contributed by atoms with Crippen LogP contribution < -0.4 is 0 Å². The second kappa shape index (κ2) is 7.43.